The second-order valence-electron chi connectivity index (χ2n) is 13.1. The molecule has 0 saturated carbocycles. The predicted molar refractivity (Wildman–Crippen MR) is 209 cm³/mol. The van der Waals surface area contributed by atoms with E-state index in [1.807, 2.05) is 0 Å². The standard InChI is InChI=1S/C45H31IN2O/c1-2-13-29(14-3-1)46-39-21-8-4-19-36(39)44-43(46)37-20-6-10-23-41(37)48(44)31-16-12-15-30(27-31)47-32-25-26-35-34-18-7-11-24-42(34)49-45(35)38(28-32)33-17-5-9-22-40(33)47/h1-27,32,38H,28H2. The number of anilines is 2. The number of hydrogen-bond acceptors (Lipinski definition) is 2. The van der Waals surface area contributed by atoms with E-state index in [0.717, 1.165) is 17.8 Å². The fraction of sp³-hybridized carbons (Fsp3) is 0.0667. The van der Waals surface area contributed by atoms with Gasteiger partial charge >= 0.3 is 264 Å². The van der Waals surface area contributed by atoms with Gasteiger partial charge in [-0.15, -0.1) is 0 Å². The van der Waals surface area contributed by atoms with Gasteiger partial charge in [-0.05, 0) is 6.07 Å². The van der Waals surface area contributed by atoms with Crippen molar-refractivity contribution in [3.63, 3.8) is 0 Å². The zero-order chi connectivity index (χ0) is 32.1. The fourth-order valence-corrected chi connectivity index (χ4v) is 15.2. The first-order valence-corrected chi connectivity index (χ1v) is 20.2. The molecule has 0 amide bonds. The number of fused-ring (bicyclic) bond motifs is 13. The summed E-state index contributed by atoms with van der Waals surface area (Å²) < 4.78 is 13.7. The molecule has 2 unspecified atom stereocenters. The summed E-state index contributed by atoms with van der Waals surface area (Å²) in [5.74, 6) is 1.29. The van der Waals surface area contributed by atoms with Crippen molar-refractivity contribution in [2.75, 3.05) is 4.90 Å². The number of furan rings is 1. The molecule has 2 aromatic heterocycles. The maximum absolute atomic E-state index is 6.61. The number of aromatic nitrogens is 1. The molecule has 3 nitrogen and oxygen atoms in total. The van der Waals surface area contributed by atoms with Gasteiger partial charge in [0.2, 0.25) is 0 Å². The Kier molecular flexibility index (Phi) is 5.96. The predicted octanol–water partition coefficient (Wildman–Crippen LogP) is 11.8. The van der Waals surface area contributed by atoms with Crippen LogP contribution in [0.4, 0.5) is 11.4 Å². The topological polar surface area (TPSA) is 21.3 Å². The minimum atomic E-state index is -1.92. The Bertz CT molecular complexity index is 2630. The van der Waals surface area contributed by atoms with Crippen molar-refractivity contribution in [2.45, 2.75) is 18.4 Å². The van der Waals surface area contributed by atoms with Crippen LogP contribution in [0.15, 0.2) is 162 Å². The van der Waals surface area contributed by atoms with Crippen LogP contribution in [0.5, 0.6) is 0 Å². The van der Waals surface area contributed by atoms with Crippen molar-refractivity contribution in [1.82, 2.24) is 4.57 Å². The summed E-state index contributed by atoms with van der Waals surface area (Å²) in [6.07, 6.45) is 5.68. The Morgan fingerprint density at radius 2 is 1.41 bits per heavy atom. The second-order valence-corrected chi connectivity index (χ2v) is 18.2. The summed E-state index contributed by atoms with van der Waals surface area (Å²) in [4.78, 5) is 2.56. The molecule has 3 aliphatic rings. The van der Waals surface area contributed by atoms with E-state index in [-0.39, 0.29) is 12.0 Å². The van der Waals surface area contributed by atoms with E-state index in [4.69, 9.17) is 4.42 Å². The summed E-state index contributed by atoms with van der Waals surface area (Å²) >= 11 is -1.92. The Balaban J connectivity index is 1.11. The third-order valence-corrected chi connectivity index (χ3v) is 16.7. The van der Waals surface area contributed by atoms with Crippen LogP contribution in [0.3, 0.4) is 0 Å². The molecular formula is C45H31IN2O. The van der Waals surface area contributed by atoms with Crippen LogP contribution in [0, 0.1) is 10.7 Å². The maximum atomic E-state index is 6.61. The molecule has 4 heteroatoms. The van der Waals surface area contributed by atoms with Gasteiger partial charge in [-0.3, -0.25) is 0 Å². The van der Waals surface area contributed by atoms with Crippen LogP contribution in [0.1, 0.15) is 29.2 Å². The summed E-state index contributed by atoms with van der Waals surface area (Å²) in [5, 5.41) is 2.57. The number of hydrogen-bond donors (Lipinski definition) is 0. The quantitative estimate of drug-likeness (QED) is 0.168. The van der Waals surface area contributed by atoms with Gasteiger partial charge in [0.15, 0.2) is 0 Å². The van der Waals surface area contributed by atoms with E-state index in [1.165, 1.54) is 62.9 Å². The normalized spacial score (nSPS) is 17.9. The van der Waals surface area contributed by atoms with Crippen LogP contribution >= 0.6 is 19.8 Å². The molecule has 4 heterocycles. The summed E-state index contributed by atoms with van der Waals surface area (Å²) in [5.41, 5.74) is 11.2. The Morgan fingerprint density at radius 1 is 0.653 bits per heavy atom. The SMILES string of the molecule is C1=CC2CC(c3ccccc3N2c2cccc(-n3c4c(c5ccccc53)I(c3ccccc3)c3ccccc3-4)c2)c2oc3ccccc3c21. The van der Waals surface area contributed by atoms with Gasteiger partial charge in [0.05, 0.1) is 0 Å². The first-order valence-electron chi connectivity index (χ1n) is 17.0. The molecule has 2 aliphatic heterocycles. The third-order valence-electron chi connectivity index (χ3n) is 10.5. The van der Waals surface area contributed by atoms with E-state index < -0.39 is 19.8 Å². The van der Waals surface area contributed by atoms with E-state index >= 15 is 0 Å². The molecule has 0 fully saturated rings. The molecule has 49 heavy (non-hydrogen) atoms. The Hall–Kier alpha value is -5.33. The van der Waals surface area contributed by atoms with Gasteiger partial charge in [-0.25, -0.2) is 0 Å². The first kappa shape index (κ1) is 27.6. The third kappa shape index (κ3) is 3.95. The van der Waals surface area contributed by atoms with Crippen molar-refractivity contribution in [1.29, 1.82) is 0 Å². The number of rotatable bonds is 3. The molecule has 0 spiro atoms. The van der Waals surface area contributed by atoms with Crippen LogP contribution < -0.4 is 4.90 Å². The van der Waals surface area contributed by atoms with Gasteiger partial charge < -0.3 is 0 Å². The van der Waals surface area contributed by atoms with Gasteiger partial charge in [0, 0.05) is 0 Å². The van der Waals surface area contributed by atoms with Gasteiger partial charge in [-0.1, -0.05) is 18.2 Å². The molecule has 2 atom stereocenters. The Morgan fingerprint density at radius 3 is 2.35 bits per heavy atom. The molecule has 11 rings (SSSR count). The van der Waals surface area contributed by atoms with Crippen LogP contribution in [0.25, 0.3) is 44.9 Å². The zero-order valence-electron chi connectivity index (χ0n) is 26.6. The van der Waals surface area contributed by atoms with Gasteiger partial charge in [0.25, 0.3) is 0 Å². The van der Waals surface area contributed by atoms with E-state index in [1.54, 1.807) is 3.57 Å². The summed E-state index contributed by atoms with van der Waals surface area (Å²) in [7, 11) is 0. The molecule has 0 N–H and O–H groups in total. The number of halogens is 1. The minimum absolute atomic E-state index is 0.195. The Labute approximate surface area is 292 Å². The molecule has 6 aromatic carbocycles. The first-order chi connectivity index (χ1) is 24.3. The molecule has 1 aliphatic carbocycles. The molecule has 0 saturated heterocycles. The van der Waals surface area contributed by atoms with Gasteiger partial charge in [0.1, 0.15) is 5.58 Å². The van der Waals surface area contributed by atoms with E-state index in [0.29, 0.717) is 0 Å². The van der Waals surface area contributed by atoms with E-state index in [9.17, 15) is 0 Å². The monoisotopic (exact) mass is 742 g/mol. The fourth-order valence-electron chi connectivity index (χ4n) is 8.49. The van der Waals surface area contributed by atoms with Crippen molar-refractivity contribution in [3.8, 4) is 16.9 Å². The van der Waals surface area contributed by atoms with Crippen molar-refractivity contribution in [2.24, 2.45) is 0 Å². The summed E-state index contributed by atoms with van der Waals surface area (Å²) in [6.45, 7) is 0. The molecule has 0 radical (unpaired) electrons. The van der Waals surface area contributed by atoms with Crippen molar-refractivity contribution < 1.29 is 4.42 Å². The molecule has 234 valence electrons. The average molecular weight is 743 g/mol. The van der Waals surface area contributed by atoms with E-state index in [2.05, 4.69) is 173 Å². The number of benzene rings is 6. The van der Waals surface area contributed by atoms with Crippen molar-refractivity contribution >= 4 is 59.1 Å². The molecule has 2 bridgehead atoms. The number of nitrogens with zero attached hydrogens (tertiary/aromatic N) is 2. The molecular weight excluding hydrogens is 711 g/mol. The second kappa shape index (κ2) is 10.6. The average Bonchev–Trinajstić information content (AvgIpc) is 3.78. The summed E-state index contributed by atoms with van der Waals surface area (Å²) in [6, 6.07) is 56.3. The molecule has 8 aromatic rings. The number of para-hydroxylation sites is 3. The zero-order valence-corrected chi connectivity index (χ0v) is 28.8. The van der Waals surface area contributed by atoms with Crippen LogP contribution in [0.2, 0.25) is 0 Å². The van der Waals surface area contributed by atoms with Crippen molar-refractivity contribution in [3.05, 3.63) is 185 Å². The van der Waals surface area contributed by atoms with Crippen LogP contribution in [-0.2, 0) is 0 Å². The van der Waals surface area contributed by atoms with Crippen LogP contribution in [-0.4, -0.2) is 10.6 Å². The van der Waals surface area contributed by atoms with Gasteiger partial charge in [-0.2, -0.15) is 0 Å².